The van der Waals surface area contributed by atoms with E-state index in [0.29, 0.717) is 41.7 Å². The van der Waals surface area contributed by atoms with Crippen LogP contribution in [-0.2, 0) is 19.3 Å². The van der Waals surface area contributed by atoms with Crippen LogP contribution in [0, 0.1) is 5.82 Å². The van der Waals surface area contributed by atoms with Crippen molar-refractivity contribution in [3.63, 3.8) is 0 Å². The number of carbonyl (C=O) groups excluding carboxylic acids is 1. The first-order chi connectivity index (χ1) is 16.2. The van der Waals surface area contributed by atoms with E-state index in [1.165, 1.54) is 17.1 Å². The zero-order valence-corrected chi connectivity index (χ0v) is 17.7. The Bertz CT molecular complexity index is 1420. The molecule has 1 N–H and O–H groups in total. The number of anilines is 1. The molecule has 174 valence electrons. The largest absolute Gasteiger partial charge is 0.439 e. The molecule has 2 aromatic heterocycles. The fourth-order valence-corrected chi connectivity index (χ4v) is 3.89. The van der Waals surface area contributed by atoms with Gasteiger partial charge in [0, 0.05) is 24.7 Å². The first kappa shape index (κ1) is 21.8. The van der Waals surface area contributed by atoms with Gasteiger partial charge >= 0.3 is 12.2 Å². The van der Waals surface area contributed by atoms with Gasteiger partial charge in [-0.2, -0.15) is 13.2 Å². The molecule has 0 aliphatic carbocycles. The summed E-state index contributed by atoms with van der Waals surface area (Å²) in [6.45, 7) is 1.37. The van der Waals surface area contributed by atoms with Crippen molar-refractivity contribution in [3.05, 3.63) is 77.6 Å². The summed E-state index contributed by atoms with van der Waals surface area (Å²) in [6.07, 6.45) is -1.99. The average Bonchev–Trinajstić information content (AvgIpc) is 3.37. The van der Waals surface area contributed by atoms with Crippen molar-refractivity contribution < 1.29 is 27.1 Å². The van der Waals surface area contributed by atoms with Gasteiger partial charge in [-0.15, -0.1) is 0 Å². The molecule has 0 bridgehead atoms. The van der Waals surface area contributed by atoms with Gasteiger partial charge in [-0.05, 0) is 43.4 Å². The van der Waals surface area contributed by atoms with E-state index in [1.807, 2.05) is 7.05 Å². The standard InChI is InChI=1S/C23H17F4N5O2/c1-31-10-15-18(11-31)28-12-29-21(15)34-14-5-6-19-13(9-14)7-8-32(19)22(33)30-17-4-2-3-16(20(17)24)23(25,26)27/h2-9,12H,10-11H2,1H3,(H,30,33). The number of alkyl halides is 3. The lowest BCUT2D eigenvalue weighted by Crippen LogP contribution is -2.20. The monoisotopic (exact) mass is 471 g/mol. The van der Waals surface area contributed by atoms with E-state index in [0.717, 1.165) is 23.4 Å². The summed E-state index contributed by atoms with van der Waals surface area (Å²) in [6, 6.07) is 8.52. The molecule has 3 heterocycles. The minimum Gasteiger partial charge on any atom is -0.439 e. The Morgan fingerprint density at radius 3 is 2.74 bits per heavy atom. The van der Waals surface area contributed by atoms with Crippen LogP contribution in [0.25, 0.3) is 10.9 Å². The predicted octanol–water partition coefficient (Wildman–Crippen LogP) is 5.41. The Kier molecular flexibility index (Phi) is 5.20. The fraction of sp³-hybridized carbons (Fsp3) is 0.174. The number of fused-ring (bicyclic) bond motifs is 2. The van der Waals surface area contributed by atoms with Crippen LogP contribution >= 0.6 is 0 Å². The lowest BCUT2D eigenvalue weighted by Gasteiger charge is -2.13. The van der Waals surface area contributed by atoms with Crippen LogP contribution in [0.15, 0.2) is 55.0 Å². The minimum absolute atomic E-state index is 0.450. The number of nitrogens with zero attached hydrogens (tertiary/aromatic N) is 4. The van der Waals surface area contributed by atoms with Gasteiger partial charge in [0.1, 0.15) is 12.1 Å². The molecule has 7 nitrogen and oxygen atoms in total. The molecule has 11 heteroatoms. The third kappa shape index (κ3) is 3.94. The number of nitrogens with one attached hydrogen (secondary N) is 1. The SMILES string of the molecule is CN1Cc2ncnc(Oc3ccc4c(ccn4C(=O)Nc4cccc(C(F)(F)F)c4F)c3)c2C1. The summed E-state index contributed by atoms with van der Waals surface area (Å²) in [4.78, 5) is 23.3. The number of benzene rings is 2. The zero-order chi connectivity index (χ0) is 24.0. The van der Waals surface area contributed by atoms with Crippen molar-refractivity contribution in [3.8, 4) is 11.6 Å². The molecule has 0 saturated heterocycles. The van der Waals surface area contributed by atoms with E-state index in [4.69, 9.17) is 4.74 Å². The van der Waals surface area contributed by atoms with Gasteiger partial charge in [-0.25, -0.2) is 19.2 Å². The second-order valence-electron chi connectivity index (χ2n) is 7.88. The normalized spacial score (nSPS) is 13.8. The average molecular weight is 471 g/mol. The van der Waals surface area contributed by atoms with E-state index < -0.39 is 29.3 Å². The van der Waals surface area contributed by atoms with Gasteiger partial charge in [0.2, 0.25) is 5.88 Å². The second kappa shape index (κ2) is 8.10. The molecule has 2 aromatic carbocycles. The van der Waals surface area contributed by atoms with Crippen LogP contribution in [-0.4, -0.2) is 32.5 Å². The fourth-order valence-electron chi connectivity index (χ4n) is 3.89. The molecule has 0 radical (unpaired) electrons. The Balaban J connectivity index is 1.39. The van der Waals surface area contributed by atoms with Gasteiger partial charge in [0.25, 0.3) is 0 Å². The number of ether oxygens (including phenoxy) is 1. The molecule has 0 fully saturated rings. The van der Waals surface area contributed by atoms with Gasteiger partial charge < -0.3 is 10.1 Å². The predicted molar refractivity (Wildman–Crippen MR) is 115 cm³/mol. The van der Waals surface area contributed by atoms with Gasteiger partial charge in [0.05, 0.1) is 28.0 Å². The van der Waals surface area contributed by atoms with Crippen molar-refractivity contribution >= 4 is 22.6 Å². The van der Waals surface area contributed by atoms with E-state index in [2.05, 4.69) is 20.2 Å². The summed E-state index contributed by atoms with van der Waals surface area (Å²) in [5.74, 6) is -0.602. The Morgan fingerprint density at radius 1 is 1.12 bits per heavy atom. The highest BCUT2D eigenvalue weighted by Crippen LogP contribution is 2.34. The van der Waals surface area contributed by atoms with Crippen LogP contribution in [0.5, 0.6) is 11.6 Å². The molecule has 1 aliphatic heterocycles. The van der Waals surface area contributed by atoms with Crippen molar-refractivity contribution in [2.45, 2.75) is 19.3 Å². The Labute approximate surface area is 190 Å². The van der Waals surface area contributed by atoms with Gasteiger partial charge in [0.15, 0.2) is 5.82 Å². The molecular weight excluding hydrogens is 454 g/mol. The van der Waals surface area contributed by atoms with E-state index >= 15 is 0 Å². The number of hydrogen-bond donors (Lipinski definition) is 1. The molecule has 1 amide bonds. The highest BCUT2D eigenvalue weighted by atomic mass is 19.4. The first-order valence-corrected chi connectivity index (χ1v) is 10.2. The Morgan fingerprint density at radius 2 is 1.94 bits per heavy atom. The summed E-state index contributed by atoms with van der Waals surface area (Å²) in [7, 11) is 1.97. The minimum atomic E-state index is -4.87. The third-order valence-electron chi connectivity index (χ3n) is 5.48. The quantitative estimate of drug-likeness (QED) is 0.405. The number of carbonyl (C=O) groups is 1. The van der Waals surface area contributed by atoms with E-state index in [-0.39, 0.29) is 0 Å². The van der Waals surface area contributed by atoms with Gasteiger partial charge in [-0.1, -0.05) is 6.07 Å². The maximum Gasteiger partial charge on any atom is 0.419 e. The van der Waals surface area contributed by atoms with Crippen LogP contribution in [0.4, 0.5) is 28.0 Å². The number of aromatic nitrogens is 3. The summed E-state index contributed by atoms with van der Waals surface area (Å²) in [5.41, 5.74) is 0.254. The molecule has 0 spiro atoms. The third-order valence-corrected chi connectivity index (χ3v) is 5.48. The number of amides is 1. The molecule has 5 rings (SSSR count). The van der Waals surface area contributed by atoms with Crippen molar-refractivity contribution in [1.82, 2.24) is 19.4 Å². The lowest BCUT2D eigenvalue weighted by molar-refractivity contribution is -0.139. The van der Waals surface area contributed by atoms with E-state index in [9.17, 15) is 22.4 Å². The van der Waals surface area contributed by atoms with Crippen molar-refractivity contribution in [2.75, 3.05) is 12.4 Å². The Hall–Kier alpha value is -3.99. The van der Waals surface area contributed by atoms with Crippen LogP contribution in [0.1, 0.15) is 16.8 Å². The summed E-state index contributed by atoms with van der Waals surface area (Å²) in [5, 5.41) is 2.84. The molecule has 34 heavy (non-hydrogen) atoms. The first-order valence-electron chi connectivity index (χ1n) is 10.2. The molecule has 0 saturated carbocycles. The molecular formula is C23H17F4N5O2. The topological polar surface area (TPSA) is 72.3 Å². The van der Waals surface area contributed by atoms with Crippen LogP contribution < -0.4 is 10.1 Å². The number of rotatable bonds is 3. The van der Waals surface area contributed by atoms with E-state index in [1.54, 1.807) is 24.3 Å². The van der Waals surface area contributed by atoms with Crippen molar-refractivity contribution in [2.24, 2.45) is 0 Å². The van der Waals surface area contributed by atoms with Crippen molar-refractivity contribution in [1.29, 1.82) is 0 Å². The maximum absolute atomic E-state index is 14.3. The number of hydrogen-bond acceptors (Lipinski definition) is 5. The smallest absolute Gasteiger partial charge is 0.419 e. The van der Waals surface area contributed by atoms with Crippen LogP contribution in [0.2, 0.25) is 0 Å². The lowest BCUT2D eigenvalue weighted by atomic mass is 10.2. The highest BCUT2D eigenvalue weighted by Gasteiger charge is 2.35. The van der Waals surface area contributed by atoms with Gasteiger partial charge in [-0.3, -0.25) is 9.47 Å². The summed E-state index contributed by atoms with van der Waals surface area (Å²) >= 11 is 0. The highest BCUT2D eigenvalue weighted by molar-refractivity contribution is 5.98. The molecule has 1 aliphatic rings. The molecule has 4 aromatic rings. The molecule has 0 atom stereocenters. The molecule has 0 unspecified atom stereocenters. The number of halogens is 4. The zero-order valence-electron chi connectivity index (χ0n) is 17.7. The maximum atomic E-state index is 14.3. The summed E-state index contributed by atoms with van der Waals surface area (Å²) < 4.78 is 60.3. The van der Waals surface area contributed by atoms with Crippen LogP contribution in [0.3, 0.4) is 0 Å². The second-order valence-corrected chi connectivity index (χ2v) is 7.88.